The fourth-order valence-electron chi connectivity index (χ4n) is 2.65. The van der Waals surface area contributed by atoms with Crippen LogP contribution in [0.5, 0.6) is 5.75 Å². The molecule has 0 unspecified atom stereocenters. The molecule has 0 aromatic heterocycles. The zero-order chi connectivity index (χ0) is 17.0. The summed E-state index contributed by atoms with van der Waals surface area (Å²) in [6.07, 6.45) is 7.80. The molecule has 0 atom stereocenters. The van der Waals surface area contributed by atoms with Crippen molar-refractivity contribution in [2.45, 2.75) is 38.5 Å². The van der Waals surface area contributed by atoms with Gasteiger partial charge in [-0.15, -0.1) is 0 Å². The summed E-state index contributed by atoms with van der Waals surface area (Å²) in [5, 5.41) is 2.39. The second-order valence-corrected chi connectivity index (χ2v) is 5.82. The SMILES string of the molecule is C=CC(=O)OCCCCCCCCOc1cccc2ccccc12. The Balaban J connectivity index is 1.54. The zero-order valence-corrected chi connectivity index (χ0v) is 14.2. The first-order valence-electron chi connectivity index (χ1n) is 8.71. The highest BCUT2D eigenvalue weighted by molar-refractivity contribution is 5.88. The molecule has 2 rings (SSSR count). The van der Waals surface area contributed by atoms with Crippen LogP contribution in [-0.4, -0.2) is 19.2 Å². The smallest absolute Gasteiger partial charge is 0.330 e. The van der Waals surface area contributed by atoms with Crippen molar-refractivity contribution in [3.05, 3.63) is 55.1 Å². The lowest BCUT2D eigenvalue weighted by Crippen LogP contribution is -2.01. The number of ether oxygens (including phenoxy) is 2. The summed E-state index contributed by atoms with van der Waals surface area (Å²) in [6, 6.07) is 14.5. The molecule has 0 N–H and O–H groups in total. The van der Waals surface area contributed by atoms with Gasteiger partial charge in [0, 0.05) is 11.5 Å². The van der Waals surface area contributed by atoms with E-state index in [-0.39, 0.29) is 5.97 Å². The lowest BCUT2D eigenvalue weighted by Gasteiger charge is -2.09. The van der Waals surface area contributed by atoms with Crippen molar-refractivity contribution in [2.24, 2.45) is 0 Å². The quantitative estimate of drug-likeness (QED) is 0.320. The zero-order valence-electron chi connectivity index (χ0n) is 14.2. The third-order valence-corrected chi connectivity index (χ3v) is 3.96. The Bertz CT molecular complexity index is 643. The van der Waals surface area contributed by atoms with Gasteiger partial charge >= 0.3 is 5.97 Å². The van der Waals surface area contributed by atoms with E-state index in [4.69, 9.17) is 9.47 Å². The van der Waals surface area contributed by atoms with Crippen molar-refractivity contribution < 1.29 is 14.3 Å². The highest BCUT2D eigenvalue weighted by Crippen LogP contribution is 2.25. The van der Waals surface area contributed by atoms with Crippen LogP contribution in [0.25, 0.3) is 10.8 Å². The van der Waals surface area contributed by atoms with E-state index in [1.807, 2.05) is 24.3 Å². The van der Waals surface area contributed by atoms with Crippen LogP contribution in [-0.2, 0) is 9.53 Å². The Morgan fingerprint density at radius 1 is 0.875 bits per heavy atom. The Morgan fingerprint density at radius 3 is 2.33 bits per heavy atom. The van der Waals surface area contributed by atoms with Crippen LogP contribution in [0.4, 0.5) is 0 Å². The summed E-state index contributed by atoms with van der Waals surface area (Å²) in [4.78, 5) is 10.9. The van der Waals surface area contributed by atoms with E-state index >= 15 is 0 Å². The fraction of sp³-hybridized carbons (Fsp3) is 0.381. The average molecular weight is 326 g/mol. The van der Waals surface area contributed by atoms with E-state index in [1.165, 1.54) is 29.7 Å². The van der Waals surface area contributed by atoms with E-state index in [9.17, 15) is 4.79 Å². The number of benzene rings is 2. The van der Waals surface area contributed by atoms with Crippen molar-refractivity contribution in [1.29, 1.82) is 0 Å². The van der Waals surface area contributed by atoms with Gasteiger partial charge in [-0.3, -0.25) is 0 Å². The fourth-order valence-corrected chi connectivity index (χ4v) is 2.65. The van der Waals surface area contributed by atoms with Gasteiger partial charge in [0.05, 0.1) is 13.2 Å². The van der Waals surface area contributed by atoms with Gasteiger partial charge in [0.25, 0.3) is 0 Å². The molecule has 0 aliphatic heterocycles. The molecule has 24 heavy (non-hydrogen) atoms. The summed E-state index contributed by atoms with van der Waals surface area (Å²) in [5.41, 5.74) is 0. The van der Waals surface area contributed by atoms with E-state index in [1.54, 1.807) is 0 Å². The topological polar surface area (TPSA) is 35.5 Å². The molecule has 0 fully saturated rings. The maximum Gasteiger partial charge on any atom is 0.330 e. The maximum atomic E-state index is 10.9. The molecule has 0 heterocycles. The number of hydrogen-bond donors (Lipinski definition) is 0. The molecule has 0 aliphatic rings. The highest BCUT2D eigenvalue weighted by Gasteiger charge is 2.01. The number of fused-ring (bicyclic) bond motifs is 1. The minimum Gasteiger partial charge on any atom is -0.493 e. The first kappa shape index (κ1) is 18.1. The average Bonchev–Trinajstić information content (AvgIpc) is 2.63. The lowest BCUT2D eigenvalue weighted by atomic mass is 10.1. The van der Waals surface area contributed by atoms with E-state index in [2.05, 4.69) is 24.8 Å². The van der Waals surface area contributed by atoms with Gasteiger partial charge < -0.3 is 9.47 Å². The van der Waals surface area contributed by atoms with Gasteiger partial charge in [-0.1, -0.05) is 68.7 Å². The molecule has 0 saturated carbocycles. The van der Waals surface area contributed by atoms with Crippen LogP contribution in [0.3, 0.4) is 0 Å². The van der Waals surface area contributed by atoms with Crippen LogP contribution in [0.2, 0.25) is 0 Å². The van der Waals surface area contributed by atoms with Gasteiger partial charge in [-0.2, -0.15) is 0 Å². The first-order chi connectivity index (χ1) is 11.8. The van der Waals surface area contributed by atoms with E-state index in [0.717, 1.165) is 38.0 Å². The van der Waals surface area contributed by atoms with Crippen molar-refractivity contribution in [3.63, 3.8) is 0 Å². The molecule has 2 aromatic rings. The van der Waals surface area contributed by atoms with Crippen LogP contribution in [0.1, 0.15) is 38.5 Å². The molecule has 128 valence electrons. The number of unbranched alkanes of at least 4 members (excludes halogenated alkanes) is 5. The monoisotopic (exact) mass is 326 g/mol. The molecule has 0 aliphatic carbocycles. The van der Waals surface area contributed by atoms with Crippen LogP contribution < -0.4 is 4.74 Å². The number of carbonyl (C=O) groups is 1. The Morgan fingerprint density at radius 2 is 1.54 bits per heavy atom. The summed E-state index contributed by atoms with van der Waals surface area (Å²) in [6.45, 7) is 4.62. The normalized spacial score (nSPS) is 10.5. The van der Waals surface area contributed by atoms with E-state index < -0.39 is 0 Å². The second-order valence-electron chi connectivity index (χ2n) is 5.82. The number of esters is 1. The molecule has 2 aromatic carbocycles. The van der Waals surface area contributed by atoms with Crippen LogP contribution in [0.15, 0.2) is 55.1 Å². The molecule has 3 heteroatoms. The predicted octanol–water partition coefficient (Wildman–Crippen LogP) is 5.29. The molecule has 3 nitrogen and oxygen atoms in total. The minimum atomic E-state index is -0.333. The molecule has 0 radical (unpaired) electrons. The van der Waals surface area contributed by atoms with Gasteiger partial charge in [-0.05, 0) is 24.3 Å². The first-order valence-corrected chi connectivity index (χ1v) is 8.71. The molecular weight excluding hydrogens is 300 g/mol. The van der Waals surface area contributed by atoms with Crippen LogP contribution in [0, 0.1) is 0 Å². The third kappa shape index (κ3) is 6.07. The van der Waals surface area contributed by atoms with E-state index in [0.29, 0.717) is 6.61 Å². The molecule has 0 bridgehead atoms. The van der Waals surface area contributed by atoms with Crippen molar-refractivity contribution in [2.75, 3.05) is 13.2 Å². The van der Waals surface area contributed by atoms with Crippen molar-refractivity contribution >= 4 is 16.7 Å². The van der Waals surface area contributed by atoms with Crippen molar-refractivity contribution in [3.8, 4) is 5.75 Å². The standard InChI is InChI=1S/C21H26O3/c1-2-21(22)24-17-10-6-4-3-5-9-16-23-20-15-11-13-18-12-7-8-14-19(18)20/h2,7-8,11-15H,1,3-6,9-10,16-17H2. The molecule has 0 spiro atoms. The van der Waals surface area contributed by atoms with Gasteiger partial charge in [0.2, 0.25) is 0 Å². The summed E-state index contributed by atoms with van der Waals surface area (Å²) >= 11 is 0. The van der Waals surface area contributed by atoms with Gasteiger partial charge in [0.1, 0.15) is 5.75 Å². The van der Waals surface area contributed by atoms with Gasteiger partial charge in [-0.25, -0.2) is 4.79 Å². The summed E-state index contributed by atoms with van der Waals surface area (Å²) in [7, 11) is 0. The predicted molar refractivity (Wildman–Crippen MR) is 98.3 cm³/mol. The van der Waals surface area contributed by atoms with Crippen molar-refractivity contribution in [1.82, 2.24) is 0 Å². The molecular formula is C21H26O3. The summed E-state index contributed by atoms with van der Waals surface area (Å²) < 4.78 is 10.9. The maximum absolute atomic E-state index is 10.9. The number of carbonyl (C=O) groups excluding carboxylic acids is 1. The minimum absolute atomic E-state index is 0.333. The largest absolute Gasteiger partial charge is 0.493 e. The Labute approximate surface area is 144 Å². The second kappa shape index (κ2) is 10.5. The molecule has 0 saturated heterocycles. The van der Waals surface area contributed by atoms with Gasteiger partial charge in [0.15, 0.2) is 0 Å². The Hall–Kier alpha value is -2.29. The molecule has 0 amide bonds. The lowest BCUT2D eigenvalue weighted by molar-refractivity contribution is -0.137. The summed E-state index contributed by atoms with van der Waals surface area (Å²) in [5.74, 6) is 0.637. The Kier molecular flexibility index (Phi) is 7.88. The van der Waals surface area contributed by atoms with Crippen LogP contribution >= 0.6 is 0 Å². The highest BCUT2D eigenvalue weighted by atomic mass is 16.5. The number of rotatable bonds is 11. The number of hydrogen-bond acceptors (Lipinski definition) is 3. The third-order valence-electron chi connectivity index (χ3n) is 3.96.